The Morgan fingerprint density at radius 3 is 2.84 bits per heavy atom. The number of ketones is 1. The minimum Gasteiger partial charge on any atom is -0.378 e. The molecule has 0 saturated heterocycles. The molecule has 0 spiro atoms. The molecule has 0 aliphatic carbocycles. The number of nitrogens with zero attached hydrogens (tertiary/aromatic N) is 2. The summed E-state index contributed by atoms with van der Waals surface area (Å²) < 4.78 is 0. The topological polar surface area (TPSA) is 65.8 Å². The fourth-order valence-electron chi connectivity index (χ4n) is 1.70. The van der Waals surface area contributed by atoms with E-state index in [0.717, 1.165) is 5.69 Å². The minimum absolute atomic E-state index is 0.0228. The van der Waals surface area contributed by atoms with Crippen LogP contribution in [0, 0.1) is 11.3 Å². The van der Waals surface area contributed by atoms with Gasteiger partial charge in [-0.1, -0.05) is 6.07 Å². The van der Waals surface area contributed by atoms with Crippen molar-refractivity contribution >= 4 is 11.5 Å². The Kier molecular flexibility index (Phi) is 3.89. The second-order valence-corrected chi connectivity index (χ2v) is 4.10. The molecule has 0 bridgehead atoms. The van der Waals surface area contributed by atoms with Crippen molar-refractivity contribution in [1.82, 2.24) is 4.98 Å². The van der Waals surface area contributed by atoms with Crippen molar-refractivity contribution in [2.24, 2.45) is 0 Å². The van der Waals surface area contributed by atoms with Crippen LogP contribution in [0.3, 0.4) is 0 Å². The molecule has 4 heteroatoms. The van der Waals surface area contributed by atoms with Gasteiger partial charge in [-0.15, -0.1) is 0 Å². The van der Waals surface area contributed by atoms with Gasteiger partial charge >= 0.3 is 0 Å². The number of rotatable bonds is 4. The average Bonchev–Trinajstić information content (AvgIpc) is 2.45. The number of nitrogens with one attached hydrogen (secondary N) is 1. The highest BCUT2D eigenvalue weighted by atomic mass is 16.1. The van der Waals surface area contributed by atoms with Crippen LogP contribution in [0.5, 0.6) is 0 Å². The molecule has 94 valence electrons. The van der Waals surface area contributed by atoms with Crippen LogP contribution in [-0.2, 0) is 6.54 Å². The van der Waals surface area contributed by atoms with Crippen LogP contribution >= 0.6 is 0 Å². The second kappa shape index (κ2) is 5.78. The van der Waals surface area contributed by atoms with Crippen LogP contribution in [0.1, 0.15) is 28.5 Å². The predicted octanol–water partition coefficient (Wildman–Crippen LogP) is 2.77. The van der Waals surface area contributed by atoms with E-state index in [4.69, 9.17) is 5.26 Å². The molecule has 0 fully saturated rings. The molecular formula is C15H13N3O. The molecule has 1 heterocycles. The predicted molar refractivity (Wildman–Crippen MR) is 72.7 cm³/mol. The van der Waals surface area contributed by atoms with Crippen LogP contribution in [0.4, 0.5) is 5.69 Å². The standard InChI is InChI=1S/C15H13N3O/c1-11(19)12-5-6-13(9-16)15(8-12)18-10-14-4-2-3-7-17-14/h2-8,18H,10H2,1H3. The van der Waals surface area contributed by atoms with E-state index in [2.05, 4.69) is 16.4 Å². The van der Waals surface area contributed by atoms with Gasteiger partial charge in [-0.3, -0.25) is 9.78 Å². The Morgan fingerprint density at radius 1 is 1.37 bits per heavy atom. The third-order valence-corrected chi connectivity index (χ3v) is 2.73. The quantitative estimate of drug-likeness (QED) is 0.848. The average molecular weight is 251 g/mol. The van der Waals surface area contributed by atoms with Gasteiger partial charge in [0.1, 0.15) is 6.07 Å². The number of aromatic nitrogens is 1. The van der Waals surface area contributed by atoms with Crippen LogP contribution < -0.4 is 5.32 Å². The maximum atomic E-state index is 11.3. The summed E-state index contributed by atoms with van der Waals surface area (Å²) in [6.07, 6.45) is 1.72. The SMILES string of the molecule is CC(=O)c1ccc(C#N)c(NCc2ccccn2)c1. The van der Waals surface area contributed by atoms with E-state index in [1.54, 1.807) is 24.4 Å². The van der Waals surface area contributed by atoms with Crippen molar-refractivity contribution in [3.8, 4) is 6.07 Å². The van der Waals surface area contributed by atoms with E-state index in [0.29, 0.717) is 23.4 Å². The number of carbonyl (C=O) groups excluding carboxylic acids is 1. The number of hydrogen-bond acceptors (Lipinski definition) is 4. The largest absolute Gasteiger partial charge is 0.378 e. The van der Waals surface area contributed by atoms with E-state index in [9.17, 15) is 4.79 Å². The molecule has 1 aromatic carbocycles. The van der Waals surface area contributed by atoms with Gasteiger partial charge in [-0.05, 0) is 37.3 Å². The molecule has 4 nitrogen and oxygen atoms in total. The number of carbonyl (C=O) groups is 1. The maximum Gasteiger partial charge on any atom is 0.159 e. The van der Waals surface area contributed by atoms with Gasteiger partial charge in [-0.2, -0.15) is 5.26 Å². The Labute approximate surface area is 111 Å². The zero-order valence-electron chi connectivity index (χ0n) is 10.6. The highest BCUT2D eigenvalue weighted by Crippen LogP contribution is 2.18. The fraction of sp³-hybridized carbons (Fsp3) is 0.133. The first-order chi connectivity index (χ1) is 9.20. The van der Waals surface area contributed by atoms with Crippen LogP contribution in [0.2, 0.25) is 0 Å². The molecule has 2 aromatic rings. The summed E-state index contributed by atoms with van der Waals surface area (Å²) in [6, 6.07) is 12.8. The smallest absolute Gasteiger partial charge is 0.159 e. The van der Waals surface area contributed by atoms with Gasteiger partial charge in [0.2, 0.25) is 0 Å². The Balaban J connectivity index is 2.21. The highest BCUT2D eigenvalue weighted by Gasteiger charge is 2.06. The maximum absolute atomic E-state index is 11.3. The number of benzene rings is 1. The molecule has 0 saturated carbocycles. The summed E-state index contributed by atoms with van der Waals surface area (Å²) in [4.78, 5) is 15.5. The van der Waals surface area contributed by atoms with Crippen molar-refractivity contribution in [3.63, 3.8) is 0 Å². The highest BCUT2D eigenvalue weighted by molar-refractivity contribution is 5.95. The van der Waals surface area contributed by atoms with Crippen molar-refractivity contribution < 1.29 is 4.79 Å². The van der Waals surface area contributed by atoms with E-state index in [1.807, 2.05) is 18.2 Å². The lowest BCUT2D eigenvalue weighted by Gasteiger charge is -2.09. The molecule has 19 heavy (non-hydrogen) atoms. The molecule has 0 aliphatic rings. The molecule has 0 aliphatic heterocycles. The lowest BCUT2D eigenvalue weighted by atomic mass is 10.1. The van der Waals surface area contributed by atoms with Crippen LogP contribution in [-0.4, -0.2) is 10.8 Å². The zero-order chi connectivity index (χ0) is 13.7. The molecular weight excluding hydrogens is 238 g/mol. The number of hydrogen-bond donors (Lipinski definition) is 1. The number of anilines is 1. The Hall–Kier alpha value is -2.67. The van der Waals surface area contributed by atoms with Gasteiger partial charge in [0, 0.05) is 11.8 Å². The monoisotopic (exact) mass is 251 g/mol. The van der Waals surface area contributed by atoms with Gasteiger partial charge in [0.25, 0.3) is 0 Å². The summed E-state index contributed by atoms with van der Waals surface area (Å²) >= 11 is 0. The first kappa shape index (κ1) is 12.8. The molecule has 0 atom stereocenters. The fourth-order valence-corrected chi connectivity index (χ4v) is 1.70. The number of nitriles is 1. The van der Waals surface area contributed by atoms with E-state index in [-0.39, 0.29) is 5.78 Å². The zero-order valence-corrected chi connectivity index (χ0v) is 10.6. The van der Waals surface area contributed by atoms with Crippen molar-refractivity contribution in [2.45, 2.75) is 13.5 Å². The van der Waals surface area contributed by atoms with Crippen LogP contribution in [0.15, 0.2) is 42.6 Å². The van der Waals surface area contributed by atoms with E-state index >= 15 is 0 Å². The molecule has 0 unspecified atom stereocenters. The summed E-state index contributed by atoms with van der Waals surface area (Å²) in [5, 5.41) is 12.2. The molecule has 1 N–H and O–H groups in total. The van der Waals surface area contributed by atoms with Gasteiger partial charge in [0.05, 0.1) is 23.5 Å². The van der Waals surface area contributed by atoms with Crippen molar-refractivity contribution in [2.75, 3.05) is 5.32 Å². The third-order valence-electron chi connectivity index (χ3n) is 2.73. The normalized spacial score (nSPS) is 9.68. The lowest BCUT2D eigenvalue weighted by Crippen LogP contribution is -2.04. The van der Waals surface area contributed by atoms with E-state index < -0.39 is 0 Å². The summed E-state index contributed by atoms with van der Waals surface area (Å²) in [5.41, 5.74) is 2.63. The summed E-state index contributed by atoms with van der Waals surface area (Å²) in [7, 11) is 0. The number of Topliss-reactive ketones (excluding diaryl/α,β-unsaturated/α-hetero) is 1. The molecule has 2 rings (SSSR count). The molecule has 0 amide bonds. The minimum atomic E-state index is -0.0228. The summed E-state index contributed by atoms with van der Waals surface area (Å²) in [5.74, 6) is -0.0228. The van der Waals surface area contributed by atoms with Gasteiger partial charge in [-0.25, -0.2) is 0 Å². The Morgan fingerprint density at radius 2 is 2.21 bits per heavy atom. The second-order valence-electron chi connectivity index (χ2n) is 4.10. The first-order valence-electron chi connectivity index (χ1n) is 5.89. The van der Waals surface area contributed by atoms with Crippen molar-refractivity contribution in [3.05, 3.63) is 59.4 Å². The lowest BCUT2D eigenvalue weighted by molar-refractivity contribution is 0.101. The van der Waals surface area contributed by atoms with Crippen LogP contribution in [0.25, 0.3) is 0 Å². The summed E-state index contributed by atoms with van der Waals surface area (Å²) in [6.45, 7) is 2.01. The van der Waals surface area contributed by atoms with Crippen molar-refractivity contribution in [1.29, 1.82) is 5.26 Å². The van der Waals surface area contributed by atoms with Gasteiger partial charge < -0.3 is 5.32 Å². The molecule has 0 radical (unpaired) electrons. The third kappa shape index (κ3) is 3.17. The molecule has 1 aromatic heterocycles. The Bertz CT molecular complexity index is 630. The first-order valence-corrected chi connectivity index (χ1v) is 5.89. The van der Waals surface area contributed by atoms with Gasteiger partial charge in [0.15, 0.2) is 5.78 Å². The van der Waals surface area contributed by atoms with E-state index in [1.165, 1.54) is 6.92 Å². The number of pyridine rings is 1.